The first-order chi connectivity index (χ1) is 13.2. The van der Waals surface area contributed by atoms with E-state index in [-0.39, 0.29) is 22.3 Å². The van der Waals surface area contributed by atoms with Crippen molar-refractivity contribution in [2.75, 3.05) is 42.1 Å². The van der Waals surface area contributed by atoms with Crippen LogP contribution in [0.5, 0.6) is 0 Å². The third-order valence-electron chi connectivity index (χ3n) is 4.08. The molecule has 2 rings (SSSR count). The van der Waals surface area contributed by atoms with Gasteiger partial charge in [-0.1, -0.05) is 47.5 Å². The van der Waals surface area contributed by atoms with Gasteiger partial charge < -0.3 is 10.2 Å². The summed E-state index contributed by atoms with van der Waals surface area (Å²) in [5.74, 6) is -0.413. The van der Waals surface area contributed by atoms with Crippen molar-refractivity contribution in [3.05, 3.63) is 58.6 Å². The molecule has 0 aliphatic heterocycles. The molecule has 0 fully saturated rings. The molecule has 1 amide bonds. The second-order valence-corrected chi connectivity index (χ2v) is 9.00. The molecule has 0 heterocycles. The Morgan fingerprint density at radius 1 is 1.07 bits per heavy atom. The maximum atomic E-state index is 12.3. The summed E-state index contributed by atoms with van der Waals surface area (Å²) in [5.41, 5.74) is 1.27. The fraction of sp³-hybridized carbons (Fsp3) is 0.316. The third kappa shape index (κ3) is 6.29. The number of anilines is 2. The quantitative estimate of drug-likeness (QED) is 0.602. The summed E-state index contributed by atoms with van der Waals surface area (Å²) in [6.07, 6.45) is 1.74. The molecule has 0 unspecified atom stereocenters. The lowest BCUT2D eigenvalue weighted by atomic mass is 10.3. The standard InChI is InChI=1S/C19H23Cl2N3O3S/c1-23(15-8-4-3-5-9-15)13-7-12-22-18(25)14-24(28(2,26)27)17-11-6-10-16(20)19(17)21/h3-6,8-11H,7,12-14H2,1-2H3,(H,22,25). The van der Waals surface area contributed by atoms with E-state index in [0.717, 1.165) is 22.8 Å². The molecule has 0 aliphatic carbocycles. The van der Waals surface area contributed by atoms with Crippen LogP contribution in [0.25, 0.3) is 0 Å². The van der Waals surface area contributed by atoms with Gasteiger partial charge in [-0.05, 0) is 30.7 Å². The zero-order valence-electron chi connectivity index (χ0n) is 15.7. The lowest BCUT2D eigenvalue weighted by Gasteiger charge is -2.23. The Morgan fingerprint density at radius 3 is 2.39 bits per heavy atom. The molecule has 0 saturated heterocycles. The molecule has 152 valence electrons. The first-order valence-corrected chi connectivity index (χ1v) is 11.2. The van der Waals surface area contributed by atoms with Crippen molar-refractivity contribution < 1.29 is 13.2 Å². The van der Waals surface area contributed by atoms with Gasteiger partial charge in [-0.15, -0.1) is 0 Å². The summed E-state index contributed by atoms with van der Waals surface area (Å²) in [6.45, 7) is 0.810. The van der Waals surface area contributed by atoms with E-state index in [1.807, 2.05) is 37.4 Å². The lowest BCUT2D eigenvalue weighted by molar-refractivity contribution is -0.119. The van der Waals surface area contributed by atoms with Crippen molar-refractivity contribution in [3.8, 4) is 0 Å². The predicted octanol–water partition coefficient (Wildman–Crippen LogP) is 3.40. The number of sulfonamides is 1. The zero-order valence-corrected chi connectivity index (χ0v) is 18.1. The molecule has 0 aliphatic rings. The van der Waals surface area contributed by atoms with Gasteiger partial charge in [0.05, 0.1) is 22.0 Å². The fourth-order valence-electron chi connectivity index (χ4n) is 2.61. The highest BCUT2D eigenvalue weighted by molar-refractivity contribution is 7.92. The Bertz CT molecular complexity index is 908. The summed E-state index contributed by atoms with van der Waals surface area (Å²) in [6, 6.07) is 14.6. The minimum Gasteiger partial charge on any atom is -0.375 e. The Morgan fingerprint density at radius 2 is 1.75 bits per heavy atom. The van der Waals surface area contributed by atoms with Gasteiger partial charge in [-0.2, -0.15) is 0 Å². The van der Waals surface area contributed by atoms with E-state index in [2.05, 4.69) is 10.2 Å². The van der Waals surface area contributed by atoms with Gasteiger partial charge in [0.15, 0.2) is 0 Å². The molecule has 0 atom stereocenters. The normalized spacial score (nSPS) is 11.1. The molecule has 0 spiro atoms. The van der Waals surface area contributed by atoms with Crippen LogP contribution in [0.3, 0.4) is 0 Å². The molecule has 28 heavy (non-hydrogen) atoms. The second-order valence-electron chi connectivity index (χ2n) is 6.30. The molecular weight excluding hydrogens is 421 g/mol. The molecule has 0 saturated carbocycles. The van der Waals surface area contributed by atoms with E-state index in [4.69, 9.17) is 23.2 Å². The molecule has 0 bridgehead atoms. The van der Waals surface area contributed by atoms with E-state index in [1.54, 1.807) is 12.1 Å². The number of amides is 1. The van der Waals surface area contributed by atoms with Crippen LogP contribution in [-0.4, -0.2) is 47.3 Å². The number of carbonyl (C=O) groups excluding carboxylic acids is 1. The maximum Gasteiger partial charge on any atom is 0.240 e. The second kappa shape index (κ2) is 10.0. The van der Waals surface area contributed by atoms with E-state index in [1.165, 1.54) is 6.07 Å². The average molecular weight is 444 g/mol. The number of hydrogen-bond donors (Lipinski definition) is 1. The van der Waals surface area contributed by atoms with Crippen LogP contribution in [-0.2, 0) is 14.8 Å². The third-order valence-corrected chi connectivity index (χ3v) is 6.01. The van der Waals surface area contributed by atoms with Crippen LogP contribution in [0.1, 0.15) is 6.42 Å². The van der Waals surface area contributed by atoms with Gasteiger partial charge in [-0.3, -0.25) is 9.10 Å². The lowest BCUT2D eigenvalue weighted by Crippen LogP contribution is -2.41. The van der Waals surface area contributed by atoms with Gasteiger partial charge in [-0.25, -0.2) is 8.42 Å². The molecule has 0 radical (unpaired) electrons. The van der Waals surface area contributed by atoms with Crippen molar-refractivity contribution in [2.24, 2.45) is 0 Å². The number of carbonyl (C=O) groups is 1. The number of halogens is 2. The number of nitrogens with one attached hydrogen (secondary N) is 1. The van der Waals surface area contributed by atoms with Crippen LogP contribution in [0.2, 0.25) is 10.0 Å². The number of rotatable bonds is 9. The summed E-state index contributed by atoms with van der Waals surface area (Å²) < 4.78 is 25.2. The van der Waals surface area contributed by atoms with Crippen molar-refractivity contribution in [1.29, 1.82) is 0 Å². The summed E-state index contributed by atoms with van der Waals surface area (Å²) >= 11 is 12.1. The van der Waals surface area contributed by atoms with Crippen molar-refractivity contribution in [2.45, 2.75) is 6.42 Å². The first-order valence-electron chi connectivity index (χ1n) is 8.64. The van der Waals surface area contributed by atoms with Crippen LogP contribution in [0.4, 0.5) is 11.4 Å². The van der Waals surface area contributed by atoms with Crippen LogP contribution < -0.4 is 14.5 Å². The van der Waals surface area contributed by atoms with Gasteiger partial charge >= 0.3 is 0 Å². The molecule has 2 aromatic carbocycles. The van der Waals surface area contributed by atoms with Gasteiger partial charge in [0, 0.05) is 25.8 Å². The fourth-order valence-corrected chi connectivity index (χ4v) is 3.92. The van der Waals surface area contributed by atoms with E-state index >= 15 is 0 Å². The first kappa shape index (κ1) is 22.3. The Kier molecular flexibility index (Phi) is 7.98. The van der Waals surface area contributed by atoms with Crippen LogP contribution in [0, 0.1) is 0 Å². The molecule has 0 aromatic heterocycles. The molecular formula is C19H23Cl2N3O3S. The van der Waals surface area contributed by atoms with Crippen molar-refractivity contribution in [1.82, 2.24) is 5.32 Å². The number of nitrogens with zero attached hydrogens (tertiary/aromatic N) is 2. The van der Waals surface area contributed by atoms with Crippen LogP contribution in [0.15, 0.2) is 48.5 Å². The number of benzene rings is 2. The minimum atomic E-state index is -3.71. The Hall–Kier alpha value is -1.96. The average Bonchev–Trinajstić information content (AvgIpc) is 2.65. The summed E-state index contributed by atoms with van der Waals surface area (Å²) in [4.78, 5) is 14.4. The Labute approximate surface area is 176 Å². The summed E-state index contributed by atoms with van der Waals surface area (Å²) in [5, 5.41) is 3.06. The van der Waals surface area contributed by atoms with Crippen LogP contribution >= 0.6 is 23.2 Å². The maximum absolute atomic E-state index is 12.3. The van der Waals surface area contributed by atoms with Gasteiger partial charge in [0.1, 0.15) is 6.54 Å². The molecule has 9 heteroatoms. The SMILES string of the molecule is CN(CCCNC(=O)CN(c1cccc(Cl)c1Cl)S(C)(=O)=O)c1ccccc1. The van der Waals surface area contributed by atoms with Gasteiger partial charge in [0.25, 0.3) is 0 Å². The zero-order chi connectivity index (χ0) is 20.7. The Balaban J connectivity index is 1.91. The van der Waals surface area contributed by atoms with E-state index in [9.17, 15) is 13.2 Å². The predicted molar refractivity (Wildman–Crippen MR) is 116 cm³/mol. The highest BCUT2D eigenvalue weighted by Crippen LogP contribution is 2.33. The van der Waals surface area contributed by atoms with E-state index < -0.39 is 15.9 Å². The van der Waals surface area contributed by atoms with Crippen molar-refractivity contribution >= 4 is 50.5 Å². The molecule has 1 N–H and O–H groups in total. The highest BCUT2D eigenvalue weighted by atomic mass is 35.5. The smallest absolute Gasteiger partial charge is 0.240 e. The largest absolute Gasteiger partial charge is 0.375 e. The summed E-state index contributed by atoms with van der Waals surface area (Å²) in [7, 11) is -1.74. The van der Waals surface area contributed by atoms with Crippen molar-refractivity contribution in [3.63, 3.8) is 0 Å². The molecule has 2 aromatic rings. The monoisotopic (exact) mass is 443 g/mol. The number of para-hydroxylation sites is 1. The topological polar surface area (TPSA) is 69.7 Å². The van der Waals surface area contributed by atoms with E-state index in [0.29, 0.717) is 13.0 Å². The highest BCUT2D eigenvalue weighted by Gasteiger charge is 2.23. The van der Waals surface area contributed by atoms with Gasteiger partial charge in [0.2, 0.25) is 15.9 Å². The number of hydrogen-bond acceptors (Lipinski definition) is 4. The minimum absolute atomic E-state index is 0.0897. The molecule has 6 nitrogen and oxygen atoms in total.